The van der Waals surface area contributed by atoms with Crippen LogP contribution < -0.4 is 5.32 Å². The van der Waals surface area contributed by atoms with Crippen LogP contribution in [0, 0.1) is 13.8 Å². The molecule has 0 aliphatic heterocycles. The molecule has 128 valence electrons. The van der Waals surface area contributed by atoms with Gasteiger partial charge in [0.2, 0.25) is 5.91 Å². The molecule has 0 aromatic carbocycles. The van der Waals surface area contributed by atoms with Crippen LogP contribution in [0.2, 0.25) is 0 Å². The minimum atomic E-state index is -0.834. The predicted octanol–water partition coefficient (Wildman–Crippen LogP) is -0.898. The molecule has 10 nitrogen and oxygen atoms in total. The average molecular weight is 334 g/mol. The first kappa shape index (κ1) is 17.3. The van der Waals surface area contributed by atoms with Gasteiger partial charge < -0.3 is 15.0 Å². The quantitative estimate of drug-likeness (QED) is 0.704. The zero-order valence-corrected chi connectivity index (χ0v) is 13.9. The minimum absolute atomic E-state index is 0.123. The molecule has 2 amide bonds. The second kappa shape index (κ2) is 7.02. The molecule has 0 bridgehead atoms. The molecular weight excluding hydrogens is 316 g/mol. The van der Waals surface area contributed by atoms with Crippen molar-refractivity contribution in [2.24, 2.45) is 0 Å². The topological polar surface area (TPSA) is 119 Å². The standard InChI is InChI=1S/C14H18N6O4/c1-8-5-9(2)20-14(16-8)17-12(18-20)13(23)24-7-11(22)19(4)6-10(21)15-3/h5H,6-7H2,1-4H3,(H,15,21). The molecule has 0 unspecified atom stereocenters. The largest absolute Gasteiger partial charge is 0.450 e. The molecule has 2 aromatic rings. The fourth-order valence-electron chi connectivity index (χ4n) is 1.94. The first-order valence-electron chi connectivity index (χ1n) is 7.14. The number of hydrogen-bond acceptors (Lipinski definition) is 7. The van der Waals surface area contributed by atoms with Crippen LogP contribution >= 0.6 is 0 Å². The number of carbonyl (C=O) groups is 3. The van der Waals surface area contributed by atoms with E-state index in [0.29, 0.717) is 0 Å². The second-order valence-corrected chi connectivity index (χ2v) is 5.19. The van der Waals surface area contributed by atoms with E-state index in [-0.39, 0.29) is 24.1 Å². The highest BCUT2D eigenvalue weighted by Gasteiger charge is 2.19. The summed E-state index contributed by atoms with van der Waals surface area (Å²) in [5.41, 5.74) is 1.52. The van der Waals surface area contributed by atoms with Crippen LogP contribution in [0.4, 0.5) is 0 Å². The molecule has 2 heterocycles. The molecule has 0 saturated heterocycles. The highest BCUT2D eigenvalue weighted by atomic mass is 16.5. The summed E-state index contributed by atoms with van der Waals surface area (Å²) in [7, 11) is 2.90. The lowest BCUT2D eigenvalue weighted by atomic mass is 10.4. The van der Waals surface area contributed by atoms with E-state index in [0.717, 1.165) is 16.3 Å². The molecule has 0 saturated carbocycles. The second-order valence-electron chi connectivity index (χ2n) is 5.19. The number of aryl methyl sites for hydroxylation is 2. The van der Waals surface area contributed by atoms with Crippen molar-refractivity contribution in [1.82, 2.24) is 29.8 Å². The van der Waals surface area contributed by atoms with E-state index in [4.69, 9.17) is 4.74 Å². The zero-order chi connectivity index (χ0) is 17.9. The fourth-order valence-corrected chi connectivity index (χ4v) is 1.94. The average Bonchev–Trinajstić information content (AvgIpc) is 2.96. The van der Waals surface area contributed by atoms with Crippen molar-refractivity contribution < 1.29 is 19.1 Å². The van der Waals surface area contributed by atoms with Crippen LogP contribution in [0.5, 0.6) is 0 Å². The Labute approximate surface area is 137 Å². The first-order chi connectivity index (χ1) is 11.3. The Balaban J connectivity index is 2.01. The van der Waals surface area contributed by atoms with Gasteiger partial charge in [-0.2, -0.15) is 4.98 Å². The van der Waals surface area contributed by atoms with Crippen molar-refractivity contribution >= 4 is 23.6 Å². The SMILES string of the molecule is CNC(=O)CN(C)C(=O)COC(=O)c1nc2nc(C)cc(C)n2n1. The van der Waals surface area contributed by atoms with E-state index >= 15 is 0 Å². The van der Waals surface area contributed by atoms with E-state index in [1.165, 1.54) is 18.6 Å². The van der Waals surface area contributed by atoms with Crippen molar-refractivity contribution in [1.29, 1.82) is 0 Å². The summed E-state index contributed by atoms with van der Waals surface area (Å²) >= 11 is 0. The smallest absolute Gasteiger partial charge is 0.378 e. The number of nitrogens with one attached hydrogen (secondary N) is 1. The molecule has 0 aliphatic carbocycles. The Morgan fingerprint density at radius 2 is 2.00 bits per heavy atom. The Morgan fingerprint density at radius 3 is 2.67 bits per heavy atom. The molecule has 10 heteroatoms. The van der Waals surface area contributed by atoms with Crippen LogP contribution in [0.1, 0.15) is 22.0 Å². The molecule has 1 N–H and O–H groups in total. The van der Waals surface area contributed by atoms with Crippen LogP contribution in [0.15, 0.2) is 6.07 Å². The lowest BCUT2D eigenvalue weighted by molar-refractivity contribution is -0.137. The number of esters is 1. The Bertz CT molecular complexity index is 800. The number of fused-ring (bicyclic) bond motifs is 1. The van der Waals surface area contributed by atoms with E-state index < -0.39 is 18.5 Å². The zero-order valence-electron chi connectivity index (χ0n) is 13.9. The van der Waals surface area contributed by atoms with Gasteiger partial charge in [0.25, 0.3) is 17.5 Å². The van der Waals surface area contributed by atoms with Gasteiger partial charge in [-0.25, -0.2) is 14.3 Å². The van der Waals surface area contributed by atoms with Crippen LogP contribution in [-0.4, -0.2) is 69.5 Å². The first-order valence-corrected chi connectivity index (χ1v) is 7.14. The van der Waals surface area contributed by atoms with Gasteiger partial charge in [-0.15, -0.1) is 5.10 Å². The number of hydrogen-bond donors (Lipinski definition) is 1. The van der Waals surface area contributed by atoms with E-state index in [1.54, 1.807) is 13.0 Å². The van der Waals surface area contributed by atoms with E-state index in [9.17, 15) is 14.4 Å². The lowest BCUT2D eigenvalue weighted by Gasteiger charge is -2.15. The van der Waals surface area contributed by atoms with Crippen molar-refractivity contribution in [3.8, 4) is 0 Å². The minimum Gasteiger partial charge on any atom is -0.450 e. The molecule has 2 rings (SSSR count). The maximum absolute atomic E-state index is 12.0. The third-order valence-electron chi connectivity index (χ3n) is 3.21. The third kappa shape index (κ3) is 3.83. The summed E-state index contributed by atoms with van der Waals surface area (Å²) in [6, 6.07) is 1.80. The summed E-state index contributed by atoms with van der Waals surface area (Å²) in [5, 5.41) is 6.41. The molecule has 0 aliphatic rings. The van der Waals surface area contributed by atoms with Gasteiger partial charge in [-0.1, -0.05) is 0 Å². The molecule has 0 fully saturated rings. The van der Waals surface area contributed by atoms with Gasteiger partial charge in [0.1, 0.15) is 0 Å². The molecule has 0 radical (unpaired) electrons. The monoisotopic (exact) mass is 334 g/mol. The normalized spacial score (nSPS) is 10.5. The predicted molar refractivity (Wildman–Crippen MR) is 82.2 cm³/mol. The maximum atomic E-state index is 12.0. The summed E-state index contributed by atoms with van der Waals surface area (Å²) in [6.45, 7) is 2.98. The molecular formula is C14H18N6O4. The third-order valence-corrected chi connectivity index (χ3v) is 3.21. The Kier molecular flexibility index (Phi) is 5.07. The van der Waals surface area contributed by atoms with Crippen LogP contribution in [0.25, 0.3) is 5.78 Å². The number of nitrogens with zero attached hydrogens (tertiary/aromatic N) is 5. The summed E-state index contributed by atoms with van der Waals surface area (Å²) in [6.07, 6.45) is 0. The van der Waals surface area contributed by atoms with Crippen molar-refractivity contribution in [3.05, 3.63) is 23.3 Å². The maximum Gasteiger partial charge on any atom is 0.378 e. The van der Waals surface area contributed by atoms with Gasteiger partial charge in [-0.3, -0.25) is 9.59 Å². The number of rotatable bonds is 5. The summed E-state index contributed by atoms with van der Waals surface area (Å²) in [4.78, 5) is 44.3. The number of aromatic nitrogens is 4. The fraction of sp³-hybridized carbons (Fsp3) is 0.429. The van der Waals surface area contributed by atoms with E-state index in [1.807, 2.05) is 6.92 Å². The molecule has 24 heavy (non-hydrogen) atoms. The highest BCUT2D eigenvalue weighted by molar-refractivity contribution is 5.89. The van der Waals surface area contributed by atoms with Gasteiger partial charge in [0.15, 0.2) is 6.61 Å². The summed E-state index contributed by atoms with van der Waals surface area (Å²) in [5.74, 6) is -1.57. The van der Waals surface area contributed by atoms with E-state index in [2.05, 4.69) is 20.4 Å². The molecule has 2 aromatic heterocycles. The number of likely N-dealkylation sites (N-methyl/N-ethyl adjacent to an activating group) is 2. The number of ether oxygens (including phenoxy) is 1. The van der Waals surface area contributed by atoms with Crippen molar-refractivity contribution in [2.45, 2.75) is 13.8 Å². The Morgan fingerprint density at radius 1 is 1.29 bits per heavy atom. The van der Waals surface area contributed by atoms with Gasteiger partial charge >= 0.3 is 5.97 Å². The van der Waals surface area contributed by atoms with Crippen molar-refractivity contribution in [2.75, 3.05) is 27.2 Å². The number of amides is 2. The van der Waals surface area contributed by atoms with Gasteiger partial charge in [0, 0.05) is 25.5 Å². The van der Waals surface area contributed by atoms with Crippen LogP contribution in [-0.2, 0) is 14.3 Å². The summed E-state index contributed by atoms with van der Waals surface area (Å²) < 4.78 is 6.32. The highest BCUT2D eigenvalue weighted by Crippen LogP contribution is 2.06. The Hall–Kier alpha value is -3.04. The molecule has 0 spiro atoms. The lowest BCUT2D eigenvalue weighted by Crippen LogP contribution is -2.39. The molecule has 0 atom stereocenters. The van der Waals surface area contributed by atoms with Gasteiger partial charge in [-0.05, 0) is 19.9 Å². The van der Waals surface area contributed by atoms with Crippen LogP contribution in [0.3, 0.4) is 0 Å². The number of carbonyl (C=O) groups excluding carboxylic acids is 3. The van der Waals surface area contributed by atoms with Gasteiger partial charge in [0.05, 0.1) is 6.54 Å². The van der Waals surface area contributed by atoms with Crippen molar-refractivity contribution in [3.63, 3.8) is 0 Å².